The van der Waals surface area contributed by atoms with Crippen molar-refractivity contribution >= 4 is 40.1 Å². The number of likely N-dealkylation sites (tertiary alicyclic amines) is 1. The summed E-state index contributed by atoms with van der Waals surface area (Å²) in [7, 11) is 1.56. The van der Waals surface area contributed by atoms with E-state index < -0.39 is 11.4 Å². The first-order valence-electron chi connectivity index (χ1n) is 11.8. The number of aromatic nitrogens is 2. The van der Waals surface area contributed by atoms with Crippen molar-refractivity contribution in [3.63, 3.8) is 0 Å². The first-order valence-corrected chi connectivity index (χ1v) is 12.2. The van der Waals surface area contributed by atoms with Crippen LogP contribution in [0.1, 0.15) is 33.6 Å². The number of hydrogen-bond donors (Lipinski definition) is 1. The monoisotopic (exact) mass is 516 g/mol. The molecule has 10 heteroatoms. The van der Waals surface area contributed by atoms with Gasteiger partial charge in [0.25, 0.3) is 0 Å². The van der Waals surface area contributed by atoms with E-state index in [-0.39, 0.29) is 22.7 Å². The van der Waals surface area contributed by atoms with Crippen LogP contribution < -0.4 is 14.8 Å². The molecule has 1 N–H and O–H groups in total. The normalized spacial score (nSPS) is 14.6. The molecule has 1 amide bonds. The van der Waals surface area contributed by atoms with Crippen LogP contribution in [0.4, 0.5) is 20.7 Å². The maximum atomic E-state index is 14.5. The van der Waals surface area contributed by atoms with Gasteiger partial charge in [-0.25, -0.2) is 19.2 Å². The molecule has 0 saturated carbocycles. The van der Waals surface area contributed by atoms with E-state index in [0.29, 0.717) is 47.9 Å². The van der Waals surface area contributed by atoms with E-state index in [0.717, 1.165) is 12.8 Å². The zero-order valence-electron chi connectivity index (χ0n) is 20.8. The van der Waals surface area contributed by atoms with Crippen LogP contribution in [0, 0.1) is 11.7 Å². The number of carbonyl (C=O) groups is 1. The molecule has 36 heavy (non-hydrogen) atoms. The fourth-order valence-electron chi connectivity index (χ4n) is 3.98. The Kier molecular flexibility index (Phi) is 7.68. The van der Waals surface area contributed by atoms with Crippen molar-refractivity contribution < 1.29 is 23.4 Å². The number of anilines is 2. The van der Waals surface area contributed by atoms with Gasteiger partial charge in [0.05, 0.1) is 29.9 Å². The summed E-state index contributed by atoms with van der Waals surface area (Å²) < 4.78 is 31.6. The van der Waals surface area contributed by atoms with E-state index in [1.54, 1.807) is 36.3 Å². The van der Waals surface area contributed by atoms with E-state index in [4.69, 9.17) is 25.8 Å². The Morgan fingerprint density at radius 2 is 1.94 bits per heavy atom. The molecule has 2 heterocycles. The van der Waals surface area contributed by atoms with Gasteiger partial charge >= 0.3 is 6.09 Å². The summed E-state index contributed by atoms with van der Waals surface area (Å²) >= 11 is 5.92. The molecule has 0 spiro atoms. The molecule has 0 aliphatic carbocycles. The van der Waals surface area contributed by atoms with Crippen molar-refractivity contribution in [1.82, 2.24) is 14.9 Å². The van der Waals surface area contributed by atoms with Crippen LogP contribution in [0.25, 0.3) is 10.9 Å². The number of amides is 1. The van der Waals surface area contributed by atoms with Gasteiger partial charge in [0.15, 0.2) is 17.3 Å². The summed E-state index contributed by atoms with van der Waals surface area (Å²) in [5, 5.41) is 3.66. The molecule has 2 aromatic carbocycles. The molecule has 1 saturated heterocycles. The van der Waals surface area contributed by atoms with Gasteiger partial charge in [-0.3, -0.25) is 0 Å². The lowest BCUT2D eigenvalue weighted by atomic mass is 9.98. The average molecular weight is 517 g/mol. The second-order valence-corrected chi connectivity index (χ2v) is 10.1. The lowest BCUT2D eigenvalue weighted by molar-refractivity contribution is 0.0164. The minimum absolute atomic E-state index is 0.0155. The molecule has 3 aromatic rings. The number of benzene rings is 2. The molecule has 0 unspecified atom stereocenters. The molecule has 192 valence electrons. The fraction of sp³-hybridized carbons (Fsp3) is 0.423. The number of hydrogen-bond acceptors (Lipinski definition) is 7. The van der Waals surface area contributed by atoms with E-state index in [1.807, 2.05) is 20.8 Å². The maximum Gasteiger partial charge on any atom is 0.410 e. The Hall–Kier alpha value is -3.33. The lowest BCUT2D eigenvalue weighted by Gasteiger charge is -2.33. The number of fused-ring (bicyclic) bond motifs is 1. The highest BCUT2D eigenvalue weighted by molar-refractivity contribution is 6.31. The molecule has 1 aliphatic rings. The van der Waals surface area contributed by atoms with Gasteiger partial charge in [0, 0.05) is 24.5 Å². The number of nitrogens with one attached hydrogen (secondary N) is 1. The van der Waals surface area contributed by atoms with Gasteiger partial charge in [-0.15, -0.1) is 0 Å². The zero-order chi connectivity index (χ0) is 25.9. The second kappa shape index (κ2) is 10.7. The average Bonchev–Trinajstić information content (AvgIpc) is 2.84. The SMILES string of the molecule is COc1cc2ncnc(Nc3cccc(Cl)c3F)c2cc1OCC1CCN(C(=O)OC(C)(C)C)CC1. The topological polar surface area (TPSA) is 85.8 Å². The van der Waals surface area contributed by atoms with Crippen molar-refractivity contribution in [2.24, 2.45) is 5.92 Å². The largest absolute Gasteiger partial charge is 0.493 e. The smallest absolute Gasteiger partial charge is 0.410 e. The molecular formula is C26H30ClFN4O4. The minimum atomic E-state index is -0.561. The van der Waals surface area contributed by atoms with Crippen molar-refractivity contribution in [3.05, 3.63) is 47.5 Å². The third-order valence-electron chi connectivity index (χ3n) is 5.87. The van der Waals surface area contributed by atoms with Crippen LogP contribution in [-0.2, 0) is 4.74 Å². The molecule has 8 nitrogen and oxygen atoms in total. The van der Waals surface area contributed by atoms with Crippen molar-refractivity contribution in [1.29, 1.82) is 0 Å². The van der Waals surface area contributed by atoms with Gasteiger partial charge in [-0.05, 0) is 57.7 Å². The third kappa shape index (κ3) is 6.07. The first-order chi connectivity index (χ1) is 17.1. The third-order valence-corrected chi connectivity index (χ3v) is 6.16. The summed E-state index contributed by atoms with van der Waals surface area (Å²) in [4.78, 5) is 22.7. The summed E-state index contributed by atoms with van der Waals surface area (Å²) in [5.74, 6) is 1.19. The number of methoxy groups -OCH3 is 1. The van der Waals surface area contributed by atoms with Gasteiger partial charge in [-0.1, -0.05) is 17.7 Å². The number of carbonyl (C=O) groups excluding carboxylic acids is 1. The van der Waals surface area contributed by atoms with Gasteiger partial charge < -0.3 is 24.4 Å². The van der Waals surface area contributed by atoms with Gasteiger partial charge in [0.2, 0.25) is 0 Å². The van der Waals surface area contributed by atoms with Crippen LogP contribution >= 0.6 is 11.6 Å². The van der Waals surface area contributed by atoms with Gasteiger partial charge in [-0.2, -0.15) is 0 Å². The highest BCUT2D eigenvalue weighted by atomic mass is 35.5. The van der Waals surface area contributed by atoms with Crippen molar-refractivity contribution in [2.75, 3.05) is 32.1 Å². The standard InChI is InChI=1S/C26H30ClFN4O4/c1-26(2,3)36-25(33)32-10-8-16(9-11-32)14-35-22-12-17-20(13-21(22)34-4)29-15-30-24(17)31-19-7-5-6-18(27)23(19)28/h5-7,12-13,15-16H,8-11,14H2,1-4H3,(H,29,30,31). The predicted octanol–water partition coefficient (Wildman–Crippen LogP) is 6.20. The molecular weight excluding hydrogens is 487 g/mol. The number of ether oxygens (including phenoxy) is 3. The molecule has 0 atom stereocenters. The summed E-state index contributed by atoms with van der Waals surface area (Å²) in [5.41, 5.74) is 0.307. The van der Waals surface area contributed by atoms with E-state index >= 15 is 0 Å². The van der Waals surface area contributed by atoms with Gasteiger partial charge in [0.1, 0.15) is 17.7 Å². The Balaban J connectivity index is 1.47. The van der Waals surface area contributed by atoms with Crippen LogP contribution in [0.15, 0.2) is 36.7 Å². The van der Waals surface area contributed by atoms with Crippen LogP contribution in [0.3, 0.4) is 0 Å². The van der Waals surface area contributed by atoms with Crippen molar-refractivity contribution in [3.8, 4) is 11.5 Å². The molecule has 4 rings (SSSR count). The van der Waals surface area contributed by atoms with Crippen LogP contribution in [0.2, 0.25) is 5.02 Å². The number of halogens is 2. The Bertz CT molecular complexity index is 1240. The maximum absolute atomic E-state index is 14.5. The van der Waals surface area contributed by atoms with E-state index in [2.05, 4.69) is 15.3 Å². The molecule has 0 radical (unpaired) electrons. The quantitative estimate of drug-likeness (QED) is 0.417. The first kappa shape index (κ1) is 25.8. The predicted molar refractivity (Wildman–Crippen MR) is 137 cm³/mol. The van der Waals surface area contributed by atoms with Crippen LogP contribution in [0.5, 0.6) is 11.5 Å². The molecule has 0 bridgehead atoms. The summed E-state index contributed by atoms with van der Waals surface area (Å²) in [6.07, 6.45) is 2.72. The highest BCUT2D eigenvalue weighted by Gasteiger charge is 2.27. The van der Waals surface area contributed by atoms with E-state index in [9.17, 15) is 9.18 Å². The van der Waals surface area contributed by atoms with Crippen LogP contribution in [-0.4, -0.2) is 53.4 Å². The zero-order valence-corrected chi connectivity index (χ0v) is 21.6. The number of piperidine rings is 1. The lowest BCUT2D eigenvalue weighted by Crippen LogP contribution is -2.42. The summed E-state index contributed by atoms with van der Waals surface area (Å²) in [6, 6.07) is 8.27. The molecule has 1 aromatic heterocycles. The highest BCUT2D eigenvalue weighted by Crippen LogP contribution is 2.36. The fourth-order valence-corrected chi connectivity index (χ4v) is 4.15. The van der Waals surface area contributed by atoms with E-state index in [1.165, 1.54) is 12.4 Å². The minimum Gasteiger partial charge on any atom is -0.493 e. The molecule has 1 aliphatic heterocycles. The number of nitrogens with zero attached hydrogens (tertiary/aromatic N) is 3. The molecule has 1 fully saturated rings. The van der Waals surface area contributed by atoms with Crippen molar-refractivity contribution in [2.45, 2.75) is 39.2 Å². The Morgan fingerprint density at radius 3 is 2.64 bits per heavy atom. The second-order valence-electron chi connectivity index (χ2n) is 9.69. The Morgan fingerprint density at radius 1 is 1.19 bits per heavy atom. The Labute approximate surface area is 214 Å². The summed E-state index contributed by atoms with van der Waals surface area (Å²) in [6.45, 7) is 7.28. The number of rotatable bonds is 6.